The van der Waals surface area contributed by atoms with Crippen molar-refractivity contribution in [3.05, 3.63) is 11.9 Å². The van der Waals surface area contributed by atoms with Crippen molar-refractivity contribution in [2.45, 2.75) is 51.2 Å². The molecule has 0 spiro atoms. The molecule has 9 heteroatoms. The first kappa shape index (κ1) is 17.1. The molecule has 0 amide bonds. The fraction of sp³-hybridized carbons (Fsp3) is 0.769. The van der Waals surface area contributed by atoms with Crippen molar-refractivity contribution in [3.8, 4) is 0 Å². The molecule has 1 aliphatic heterocycles. The monoisotopic (exact) mass is 337 g/mol. The van der Waals surface area contributed by atoms with Gasteiger partial charge in [-0.1, -0.05) is 0 Å². The molecule has 0 aromatic carbocycles. The van der Waals surface area contributed by atoms with Crippen LogP contribution in [-0.4, -0.2) is 35.7 Å². The number of hydrogen-bond donors (Lipinski definition) is 1. The number of sulfonamides is 1. The summed E-state index contributed by atoms with van der Waals surface area (Å²) < 4.78 is 59.1. The van der Waals surface area contributed by atoms with Crippen LogP contribution in [0.3, 0.4) is 0 Å². The fourth-order valence-electron chi connectivity index (χ4n) is 2.64. The summed E-state index contributed by atoms with van der Waals surface area (Å²) in [5.41, 5.74) is -1.12. The molecule has 6 nitrogen and oxygen atoms in total. The first-order chi connectivity index (χ1) is 10.1. The van der Waals surface area contributed by atoms with Gasteiger partial charge in [0.15, 0.2) is 5.69 Å². The van der Waals surface area contributed by atoms with Crippen molar-refractivity contribution in [1.29, 1.82) is 0 Å². The normalized spacial score (nSPS) is 22.0. The van der Waals surface area contributed by atoms with Gasteiger partial charge in [-0.25, -0.2) is 17.2 Å². The summed E-state index contributed by atoms with van der Waals surface area (Å²) >= 11 is 0. The number of ether oxygens (including phenoxy) is 1. The molecular weight excluding hydrogens is 316 g/mol. The average Bonchev–Trinajstić information content (AvgIpc) is 2.67. The molecule has 126 valence electrons. The first-order valence-corrected chi connectivity index (χ1v) is 8.73. The van der Waals surface area contributed by atoms with Crippen molar-refractivity contribution in [1.82, 2.24) is 9.78 Å². The number of aryl methyl sites for hydroxylation is 1. The van der Waals surface area contributed by atoms with Gasteiger partial charge in [0.2, 0.25) is 10.0 Å². The molecule has 0 bridgehead atoms. The predicted molar refractivity (Wildman–Crippen MR) is 78.4 cm³/mol. The van der Waals surface area contributed by atoms with Gasteiger partial charge >= 0.3 is 0 Å². The Bertz CT molecular complexity index is 628. The SMILES string of the molecule is Cn1cc(NS(=O)(=O)CC2CCCC(C)(C)O2)c(C(F)F)n1. The fourth-order valence-corrected chi connectivity index (χ4v) is 3.94. The molecule has 22 heavy (non-hydrogen) atoms. The summed E-state index contributed by atoms with van der Waals surface area (Å²) in [7, 11) is -2.33. The summed E-state index contributed by atoms with van der Waals surface area (Å²) in [6, 6.07) is 0. The number of alkyl halides is 2. The van der Waals surface area contributed by atoms with Crippen LogP contribution in [0.4, 0.5) is 14.5 Å². The van der Waals surface area contributed by atoms with Crippen molar-refractivity contribution in [2.75, 3.05) is 10.5 Å². The molecule has 1 fully saturated rings. The Morgan fingerprint density at radius 2 is 2.23 bits per heavy atom. The van der Waals surface area contributed by atoms with E-state index < -0.39 is 28.2 Å². The molecule has 1 N–H and O–H groups in total. The van der Waals surface area contributed by atoms with E-state index in [-0.39, 0.29) is 17.0 Å². The third kappa shape index (κ3) is 4.39. The maximum Gasteiger partial charge on any atom is 0.284 e. The Kier molecular flexibility index (Phi) is 4.76. The quantitative estimate of drug-likeness (QED) is 0.896. The maximum absolute atomic E-state index is 12.8. The van der Waals surface area contributed by atoms with Crippen LogP contribution in [0.2, 0.25) is 0 Å². The van der Waals surface area contributed by atoms with E-state index in [2.05, 4.69) is 9.82 Å². The zero-order chi connectivity index (χ0) is 16.5. The van der Waals surface area contributed by atoms with E-state index in [1.54, 1.807) is 0 Å². The molecule has 0 saturated carbocycles. The van der Waals surface area contributed by atoms with E-state index >= 15 is 0 Å². The Morgan fingerprint density at radius 1 is 1.55 bits per heavy atom. The third-order valence-electron chi connectivity index (χ3n) is 3.53. The minimum atomic E-state index is -3.79. The number of hydrogen-bond acceptors (Lipinski definition) is 4. The lowest BCUT2D eigenvalue weighted by molar-refractivity contribution is -0.0963. The van der Waals surface area contributed by atoms with Crippen molar-refractivity contribution >= 4 is 15.7 Å². The molecule has 2 rings (SSSR count). The number of aromatic nitrogens is 2. The molecule has 1 aromatic heterocycles. The lowest BCUT2D eigenvalue weighted by Crippen LogP contribution is -2.39. The van der Waals surface area contributed by atoms with Crippen LogP contribution in [0, 0.1) is 0 Å². The maximum atomic E-state index is 12.8. The van der Waals surface area contributed by atoms with Crippen LogP contribution in [0.15, 0.2) is 6.20 Å². The van der Waals surface area contributed by atoms with Crippen LogP contribution in [0.25, 0.3) is 0 Å². The summed E-state index contributed by atoms with van der Waals surface area (Å²) in [6.45, 7) is 3.82. The van der Waals surface area contributed by atoms with Crippen LogP contribution >= 0.6 is 0 Å². The van der Waals surface area contributed by atoms with E-state index in [0.29, 0.717) is 6.42 Å². The van der Waals surface area contributed by atoms with Crippen molar-refractivity contribution in [2.24, 2.45) is 7.05 Å². The van der Waals surface area contributed by atoms with Gasteiger partial charge in [0.05, 0.1) is 23.1 Å². The van der Waals surface area contributed by atoms with Gasteiger partial charge in [-0.15, -0.1) is 0 Å². The lowest BCUT2D eigenvalue weighted by Gasteiger charge is -2.35. The standard InChI is InChI=1S/C13H21F2N3O3S/c1-13(2)6-4-5-9(21-13)8-22(19,20)17-10-7-18(3)16-11(10)12(14)15/h7,9,12,17H,4-6,8H2,1-3H3. The molecule has 1 unspecified atom stereocenters. The van der Waals surface area contributed by atoms with Gasteiger partial charge in [0, 0.05) is 13.2 Å². The highest BCUT2D eigenvalue weighted by atomic mass is 32.2. The van der Waals surface area contributed by atoms with E-state index in [0.717, 1.165) is 17.5 Å². The predicted octanol–water partition coefficient (Wildman–Crippen LogP) is 2.45. The van der Waals surface area contributed by atoms with Crippen LogP contribution in [0.1, 0.15) is 45.2 Å². The summed E-state index contributed by atoms with van der Waals surface area (Å²) in [5.74, 6) is -0.256. The van der Waals surface area contributed by atoms with Crippen LogP contribution in [-0.2, 0) is 21.8 Å². The average molecular weight is 337 g/mol. The second-order valence-electron chi connectivity index (χ2n) is 6.18. The molecule has 1 saturated heterocycles. The molecule has 1 atom stereocenters. The molecular formula is C13H21F2N3O3S. The number of rotatable bonds is 5. The van der Waals surface area contributed by atoms with Gasteiger partial charge in [-0.05, 0) is 33.1 Å². The van der Waals surface area contributed by atoms with E-state index in [9.17, 15) is 17.2 Å². The van der Waals surface area contributed by atoms with Crippen molar-refractivity contribution in [3.63, 3.8) is 0 Å². The minimum Gasteiger partial charge on any atom is -0.371 e. The van der Waals surface area contributed by atoms with Gasteiger partial charge in [0.1, 0.15) is 0 Å². The third-order valence-corrected chi connectivity index (χ3v) is 4.87. The zero-order valence-corrected chi connectivity index (χ0v) is 13.7. The highest BCUT2D eigenvalue weighted by molar-refractivity contribution is 7.92. The Balaban J connectivity index is 2.08. The van der Waals surface area contributed by atoms with Gasteiger partial charge in [-0.2, -0.15) is 5.10 Å². The van der Waals surface area contributed by atoms with Gasteiger partial charge < -0.3 is 4.74 Å². The van der Waals surface area contributed by atoms with Gasteiger partial charge in [-0.3, -0.25) is 9.40 Å². The number of anilines is 1. The smallest absolute Gasteiger partial charge is 0.284 e. The Hall–Kier alpha value is -1.22. The van der Waals surface area contributed by atoms with E-state index in [1.165, 1.54) is 13.2 Å². The lowest BCUT2D eigenvalue weighted by atomic mass is 9.96. The van der Waals surface area contributed by atoms with Crippen LogP contribution in [0.5, 0.6) is 0 Å². The molecule has 0 radical (unpaired) electrons. The second-order valence-corrected chi connectivity index (χ2v) is 7.94. The molecule has 1 aromatic rings. The van der Waals surface area contributed by atoms with Crippen LogP contribution < -0.4 is 4.72 Å². The highest BCUT2D eigenvalue weighted by Crippen LogP contribution is 2.30. The zero-order valence-electron chi connectivity index (χ0n) is 12.8. The summed E-state index contributed by atoms with van der Waals surface area (Å²) in [6.07, 6.45) is 0.332. The number of halogens is 2. The Morgan fingerprint density at radius 3 is 2.82 bits per heavy atom. The first-order valence-electron chi connectivity index (χ1n) is 7.08. The minimum absolute atomic E-state index is 0.187. The molecule has 2 heterocycles. The molecule has 1 aliphatic rings. The van der Waals surface area contributed by atoms with Gasteiger partial charge in [0.25, 0.3) is 6.43 Å². The number of nitrogens with one attached hydrogen (secondary N) is 1. The van der Waals surface area contributed by atoms with Crippen molar-refractivity contribution < 1.29 is 21.9 Å². The second kappa shape index (κ2) is 6.11. The topological polar surface area (TPSA) is 73.2 Å². The number of nitrogens with zero attached hydrogens (tertiary/aromatic N) is 2. The largest absolute Gasteiger partial charge is 0.371 e. The van der Waals surface area contributed by atoms with E-state index in [1.807, 2.05) is 13.8 Å². The van der Waals surface area contributed by atoms with E-state index in [4.69, 9.17) is 4.74 Å². The highest BCUT2D eigenvalue weighted by Gasteiger charge is 2.32. The summed E-state index contributed by atoms with van der Waals surface area (Å²) in [4.78, 5) is 0. The summed E-state index contributed by atoms with van der Waals surface area (Å²) in [5, 5.41) is 3.57. The Labute approximate surface area is 128 Å². The molecule has 0 aliphatic carbocycles.